The van der Waals surface area contributed by atoms with Gasteiger partial charge in [-0.15, -0.1) is 0 Å². The van der Waals surface area contributed by atoms with Crippen LogP contribution in [0.2, 0.25) is 0 Å². The van der Waals surface area contributed by atoms with Gasteiger partial charge in [0.05, 0.1) is 6.61 Å². The zero-order valence-corrected chi connectivity index (χ0v) is 12.4. The third kappa shape index (κ3) is 5.83. The van der Waals surface area contributed by atoms with E-state index in [0.29, 0.717) is 12.5 Å². The van der Waals surface area contributed by atoms with E-state index in [9.17, 15) is 0 Å². The number of rotatable bonds is 9. The number of ether oxygens (including phenoxy) is 2. The van der Waals surface area contributed by atoms with Crippen molar-refractivity contribution in [1.82, 2.24) is 10.3 Å². The van der Waals surface area contributed by atoms with Gasteiger partial charge in [-0.05, 0) is 30.2 Å². The second-order valence-corrected chi connectivity index (χ2v) is 4.69. The minimum atomic E-state index is 0.606. The number of hydrogen-bond acceptors (Lipinski definition) is 4. The van der Waals surface area contributed by atoms with Crippen LogP contribution in [0, 0.1) is 0 Å². The van der Waals surface area contributed by atoms with Crippen LogP contribution in [0.25, 0.3) is 0 Å². The van der Waals surface area contributed by atoms with Crippen LogP contribution in [-0.2, 0) is 6.54 Å². The lowest BCUT2D eigenvalue weighted by Gasteiger charge is -2.08. The van der Waals surface area contributed by atoms with Crippen molar-refractivity contribution < 1.29 is 9.47 Å². The third-order valence-electron chi connectivity index (χ3n) is 2.89. The molecule has 112 valence electrons. The first-order chi connectivity index (χ1) is 10.4. The lowest BCUT2D eigenvalue weighted by Crippen LogP contribution is -2.20. The van der Waals surface area contributed by atoms with Crippen LogP contribution >= 0.6 is 0 Å². The summed E-state index contributed by atoms with van der Waals surface area (Å²) in [4.78, 5) is 4.10. The molecule has 1 aromatic heterocycles. The molecule has 0 radical (unpaired) electrons. The Hall–Kier alpha value is -2.07. The third-order valence-corrected chi connectivity index (χ3v) is 2.89. The molecule has 21 heavy (non-hydrogen) atoms. The van der Waals surface area contributed by atoms with Gasteiger partial charge in [-0.2, -0.15) is 0 Å². The fourth-order valence-corrected chi connectivity index (χ4v) is 1.82. The van der Waals surface area contributed by atoms with Gasteiger partial charge in [0.1, 0.15) is 12.4 Å². The van der Waals surface area contributed by atoms with E-state index in [1.165, 1.54) is 5.56 Å². The normalized spacial score (nSPS) is 10.3. The number of nitrogens with zero attached hydrogens (tertiary/aromatic N) is 1. The summed E-state index contributed by atoms with van der Waals surface area (Å²) in [5, 5.41) is 3.34. The maximum Gasteiger partial charge on any atom is 0.213 e. The fourth-order valence-electron chi connectivity index (χ4n) is 1.82. The second kappa shape index (κ2) is 8.97. The quantitative estimate of drug-likeness (QED) is 0.720. The molecule has 0 aliphatic heterocycles. The van der Waals surface area contributed by atoms with Crippen molar-refractivity contribution in [3.05, 3.63) is 54.2 Å². The summed E-state index contributed by atoms with van der Waals surface area (Å²) < 4.78 is 11.1. The van der Waals surface area contributed by atoms with Crippen molar-refractivity contribution in [3.8, 4) is 11.6 Å². The van der Waals surface area contributed by atoms with Crippen molar-refractivity contribution in [1.29, 1.82) is 0 Å². The van der Waals surface area contributed by atoms with Gasteiger partial charge in [0.15, 0.2) is 0 Å². The van der Waals surface area contributed by atoms with Crippen molar-refractivity contribution in [2.24, 2.45) is 0 Å². The van der Waals surface area contributed by atoms with Crippen LogP contribution in [0.1, 0.15) is 18.9 Å². The topological polar surface area (TPSA) is 43.4 Å². The lowest BCUT2D eigenvalue weighted by atomic mass is 10.2. The molecular weight excluding hydrogens is 264 g/mol. The Morgan fingerprint density at radius 3 is 2.57 bits per heavy atom. The molecule has 2 rings (SSSR count). The standard InChI is InChI=1S/C17H22N2O2/c1-2-12-20-16-8-6-15(7-9-16)14-18-11-13-21-17-5-3-4-10-19-17/h3-10,18H,2,11-14H2,1H3. The van der Waals surface area contributed by atoms with Gasteiger partial charge >= 0.3 is 0 Å². The minimum Gasteiger partial charge on any atom is -0.494 e. The molecule has 0 fully saturated rings. The summed E-state index contributed by atoms with van der Waals surface area (Å²) in [5.74, 6) is 1.59. The van der Waals surface area contributed by atoms with Crippen molar-refractivity contribution in [2.45, 2.75) is 19.9 Å². The summed E-state index contributed by atoms with van der Waals surface area (Å²) in [6, 6.07) is 13.8. The van der Waals surface area contributed by atoms with Crippen LogP contribution in [0.4, 0.5) is 0 Å². The highest BCUT2D eigenvalue weighted by atomic mass is 16.5. The molecule has 0 saturated carbocycles. The van der Waals surface area contributed by atoms with Crippen LogP contribution in [0.3, 0.4) is 0 Å². The summed E-state index contributed by atoms with van der Waals surface area (Å²) >= 11 is 0. The number of benzene rings is 1. The molecule has 0 bridgehead atoms. The maximum atomic E-state index is 5.55. The second-order valence-electron chi connectivity index (χ2n) is 4.69. The summed E-state index contributed by atoms with van der Waals surface area (Å²) in [5.41, 5.74) is 1.23. The number of nitrogens with one attached hydrogen (secondary N) is 1. The molecular formula is C17H22N2O2. The molecule has 1 aromatic carbocycles. The number of hydrogen-bond donors (Lipinski definition) is 1. The van der Waals surface area contributed by atoms with E-state index in [2.05, 4.69) is 29.4 Å². The first kappa shape index (κ1) is 15.3. The molecule has 4 heteroatoms. The average Bonchev–Trinajstić information content (AvgIpc) is 2.55. The SMILES string of the molecule is CCCOc1ccc(CNCCOc2ccccn2)cc1. The highest BCUT2D eigenvalue weighted by Gasteiger charge is 1.96. The molecule has 0 amide bonds. The number of aromatic nitrogens is 1. The molecule has 0 spiro atoms. The largest absolute Gasteiger partial charge is 0.494 e. The highest BCUT2D eigenvalue weighted by molar-refractivity contribution is 5.27. The molecule has 2 aromatic rings. The van der Waals surface area contributed by atoms with Crippen LogP contribution in [0.5, 0.6) is 11.6 Å². The average molecular weight is 286 g/mol. The molecule has 1 heterocycles. The predicted octanol–water partition coefficient (Wildman–Crippen LogP) is 3.04. The molecule has 1 N–H and O–H groups in total. The van der Waals surface area contributed by atoms with E-state index in [1.54, 1.807) is 6.20 Å². The van der Waals surface area contributed by atoms with Crippen molar-refractivity contribution in [3.63, 3.8) is 0 Å². The van der Waals surface area contributed by atoms with Gasteiger partial charge in [0.25, 0.3) is 0 Å². The smallest absolute Gasteiger partial charge is 0.213 e. The highest BCUT2D eigenvalue weighted by Crippen LogP contribution is 2.12. The van der Waals surface area contributed by atoms with Gasteiger partial charge in [0, 0.05) is 25.4 Å². The van der Waals surface area contributed by atoms with Crippen molar-refractivity contribution >= 4 is 0 Å². The zero-order chi connectivity index (χ0) is 14.8. The molecule has 0 aliphatic rings. The van der Waals surface area contributed by atoms with Gasteiger partial charge in [-0.3, -0.25) is 0 Å². The zero-order valence-electron chi connectivity index (χ0n) is 12.4. The van der Waals surface area contributed by atoms with E-state index in [4.69, 9.17) is 9.47 Å². The Labute approximate surface area is 126 Å². The Balaban J connectivity index is 1.62. The Morgan fingerprint density at radius 2 is 1.86 bits per heavy atom. The van der Waals surface area contributed by atoms with E-state index in [1.807, 2.05) is 30.3 Å². The van der Waals surface area contributed by atoms with Gasteiger partial charge in [-0.1, -0.05) is 25.1 Å². The predicted molar refractivity (Wildman–Crippen MR) is 83.7 cm³/mol. The van der Waals surface area contributed by atoms with Gasteiger partial charge in [0.2, 0.25) is 5.88 Å². The van der Waals surface area contributed by atoms with E-state index >= 15 is 0 Å². The first-order valence-corrected chi connectivity index (χ1v) is 7.35. The van der Waals surface area contributed by atoms with Crippen LogP contribution < -0.4 is 14.8 Å². The van der Waals surface area contributed by atoms with E-state index < -0.39 is 0 Å². The van der Waals surface area contributed by atoms with Crippen LogP contribution in [-0.4, -0.2) is 24.7 Å². The maximum absolute atomic E-state index is 5.55. The molecule has 0 unspecified atom stereocenters. The summed E-state index contributed by atoms with van der Waals surface area (Å²) in [7, 11) is 0. The summed E-state index contributed by atoms with van der Waals surface area (Å²) in [6.07, 6.45) is 2.75. The van der Waals surface area contributed by atoms with E-state index in [0.717, 1.165) is 31.9 Å². The molecule has 0 aliphatic carbocycles. The molecule has 0 atom stereocenters. The van der Waals surface area contributed by atoms with Crippen LogP contribution in [0.15, 0.2) is 48.7 Å². The Morgan fingerprint density at radius 1 is 1.00 bits per heavy atom. The molecule has 4 nitrogen and oxygen atoms in total. The minimum absolute atomic E-state index is 0.606. The fraction of sp³-hybridized carbons (Fsp3) is 0.353. The monoisotopic (exact) mass is 286 g/mol. The van der Waals surface area contributed by atoms with Crippen molar-refractivity contribution in [2.75, 3.05) is 19.8 Å². The Bertz CT molecular complexity index is 500. The summed E-state index contributed by atoms with van der Waals surface area (Å²) in [6.45, 7) is 5.08. The Kier molecular flexibility index (Phi) is 6.55. The van der Waals surface area contributed by atoms with Gasteiger partial charge in [-0.25, -0.2) is 4.98 Å². The van der Waals surface area contributed by atoms with Gasteiger partial charge < -0.3 is 14.8 Å². The first-order valence-electron chi connectivity index (χ1n) is 7.35. The lowest BCUT2D eigenvalue weighted by molar-refractivity contribution is 0.302. The molecule has 0 saturated heterocycles. The van der Waals surface area contributed by atoms with E-state index in [-0.39, 0.29) is 0 Å². The number of pyridine rings is 1.